The number of aromatic nitrogens is 1. The van der Waals surface area contributed by atoms with Crippen LogP contribution in [0.2, 0.25) is 5.02 Å². The van der Waals surface area contributed by atoms with E-state index in [2.05, 4.69) is 4.72 Å². The van der Waals surface area contributed by atoms with Gasteiger partial charge < -0.3 is 9.80 Å². The predicted octanol–water partition coefficient (Wildman–Crippen LogP) is 4.65. The Bertz CT molecular complexity index is 1340. The van der Waals surface area contributed by atoms with Gasteiger partial charge in [0, 0.05) is 44.0 Å². The predicted molar refractivity (Wildman–Crippen MR) is 155 cm³/mol. The van der Waals surface area contributed by atoms with Crippen LogP contribution in [0, 0.1) is 5.92 Å². The van der Waals surface area contributed by atoms with E-state index in [0.29, 0.717) is 73.0 Å². The van der Waals surface area contributed by atoms with Crippen LogP contribution in [0.5, 0.6) is 0 Å². The van der Waals surface area contributed by atoms with E-state index in [1.165, 1.54) is 0 Å². The number of ketones is 1. The van der Waals surface area contributed by atoms with E-state index >= 15 is 0 Å². The summed E-state index contributed by atoms with van der Waals surface area (Å²) in [6, 6.07) is 10.4. The minimum atomic E-state index is -3.89. The number of halogens is 1. The molecule has 9 nitrogen and oxygen atoms in total. The SMILES string of the molecule is CCCCC(=O)c1cc(Cl)c(N2CCC(C(=O)NS(=O)(=O)C(C)c3ccccc3)CC2)nc1CN1CCCC1=O. The Morgan fingerprint density at radius 2 is 1.85 bits per heavy atom. The molecule has 2 amide bonds. The van der Waals surface area contributed by atoms with E-state index in [0.717, 1.165) is 19.3 Å². The number of hydrogen-bond acceptors (Lipinski definition) is 7. The van der Waals surface area contributed by atoms with Crippen molar-refractivity contribution >= 4 is 45.0 Å². The number of nitrogens with zero attached hydrogens (tertiary/aromatic N) is 3. The highest BCUT2D eigenvalue weighted by molar-refractivity contribution is 7.90. The summed E-state index contributed by atoms with van der Waals surface area (Å²) < 4.78 is 28.0. The zero-order valence-electron chi connectivity index (χ0n) is 23.1. The second-order valence-electron chi connectivity index (χ2n) is 10.6. The number of unbranched alkanes of at least 4 members (excludes halogenated alkanes) is 1. The van der Waals surface area contributed by atoms with Crippen molar-refractivity contribution in [1.29, 1.82) is 0 Å². The number of likely N-dealkylation sites (tertiary alicyclic amines) is 1. The van der Waals surface area contributed by atoms with Gasteiger partial charge >= 0.3 is 0 Å². The Balaban J connectivity index is 1.46. The zero-order valence-corrected chi connectivity index (χ0v) is 24.6. The molecular weight excluding hydrogens is 552 g/mol. The molecule has 4 rings (SSSR count). The number of carbonyl (C=O) groups is 3. The number of rotatable bonds is 11. The largest absolute Gasteiger partial charge is 0.355 e. The summed E-state index contributed by atoms with van der Waals surface area (Å²) in [4.78, 5) is 46.7. The van der Waals surface area contributed by atoms with Crippen LogP contribution in [0.15, 0.2) is 36.4 Å². The fourth-order valence-corrected chi connectivity index (χ4v) is 6.60. The number of pyridine rings is 1. The first-order chi connectivity index (χ1) is 19.1. The first-order valence-electron chi connectivity index (χ1n) is 14.0. The Hall–Kier alpha value is -2.98. The third-order valence-corrected chi connectivity index (χ3v) is 9.72. The van der Waals surface area contributed by atoms with Gasteiger partial charge in [-0.2, -0.15) is 0 Å². The van der Waals surface area contributed by atoms with Crippen molar-refractivity contribution in [3.63, 3.8) is 0 Å². The lowest BCUT2D eigenvalue weighted by molar-refractivity contribution is -0.128. The standard InChI is InChI=1S/C29H37ClN4O5S/c1-3-4-11-26(35)23-18-24(30)28(31-25(23)19-34-15-8-12-27(34)36)33-16-13-22(14-17-33)29(37)32-40(38,39)20(2)21-9-6-5-7-10-21/h5-7,9-10,18,20,22H,3-4,8,11-17,19H2,1-2H3,(H,32,37). The van der Waals surface area contributed by atoms with E-state index in [-0.39, 0.29) is 18.2 Å². The van der Waals surface area contributed by atoms with Crippen molar-refractivity contribution in [1.82, 2.24) is 14.6 Å². The topological polar surface area (TPSA) is 117 Å². The Kier molecular flexibility index (Phi) is 9.84. The monoisotopic (exact) mass is 588 g/mol. The summed E-state index contributed by atoms with van der Waals surface area (Å²) >= 11 is 6.64. The third-order valence-electron chi connectivity index (χ3n) is 7.75. The van der Waals surface area contributed by atoms with Crippen molar-refractivity contribution in [2.24, 2.45) is 5.92 Å². The van der Waals surface area contributed by atoms with Gasteiger partial charge in [-0.3, -0.25) is 19.1 Å². The molecule has 216 valence electrons. The first-order valence-corrected chi connectivity index (χ1v) is 15.9. The van der Waals surface area contributed by atoms with Crippen LogP contribution >= 0.6 is 11.6 Å². The zero-order chi connectivity index (χ0) is 28.9. The number of sulfonamides is 1. The van der Waals surface area contributed by atoms with E-state index in [4.69, 9.17) is 16.6 Å². The number of amides is 2. The molecule has 1 aromatic carbocycles. The molecule has 2 aliphatic rings. The average Bonchev–Trinajstić information content (AvgIpc) is 3.36. The maximum Gasteiger partial charge on any atom is 0.241 e. The Morgan fingerprint density at radius 1 is 1.15 bits per heavy atom. The number of nitrogens with one attached hydrogen (secondary N) is 1. The van der Waals surface area contributed by atoms with Crippen LogP contribution in [0.25, 0.3) is 0 Å². The normalized spacial score (nSPS) is 17.2. The lowest BCUT2D eigenvalue weighted by atomic mass is 9.96. The number of piperidine rings is 1. The van der Waals surface area contributed by atoms with Crippen molar-refractivity contribution in [2.75, 3.05) is 24.5 Å². The van der Waals surface area contributed by atoms with E-state index in [9.17, 15) is 22.8 Å². The minimum Gasteiger partial charge on any atom is -0.355 e. The third kappa shape index (κ3) is 7.01. The summed E-state index contributed by atoms with van der Waals surface area (Å²) in [6.45, 7) is 5.37. The minimum absolute atomic E-state index is 0.0363. The van der Waals surface area contributed by atoms with Gasteiger partial charge in [-0.15, -0.1) is 0 Å². The van der Waals surface area contributed by atoms with Gasteiger partial charge in [-0.25, -0.2) is 13.4 Å². The van der Waals surface area contributed by atoms with Gasteiger partial charge in [0.25, 0.3) is 0 Å². The molecule has 2 aromatic rings. The highest BCUT2D eigenvalue weighted by Gasteiger charge is 2.32. The molecule has 1 aromatic heterocycles. The maximum absolute atomic E-state index is 13.0. The fraction of sp³-hybridized carbons (Fsp3) is 0.517. The van der Waals surface area contributed by atoms with Crippen LogP contribution in [-0.2, 0) is 26.2 Å². The van der Waals surface area contributed by atoms with Crippen molar-refractivity contribution in [3.05, 3.63) is 58.2 Å². The quantitative estimate of drug-likeness (QED) is 0.380. The summed E-state index contributed by atoms with van der Waals surface area (Å²) in [5.41, 5.74) is 1.60. The molecule has 0 aliphatic carbocycles. The molecule has 0 spiro atoms. The first kappa shape index (κ1) is 30.0. The number of benzene rings is 1. The molecule has 11 heteroatoms. The van der Waals surface area contributed by atoms with Gasteiger partial charge in [0.15, 0.2) is 5.78 Å². The number of anilines is 1. The lowest BCUT2D eigenvalue weighted by Gasteiger charge is -2.33. The van der Waals surface area contributed by atoms with Gasteiger partial charge in [0.1, 0.15) is 11.1 Å². The molecule has 1 atom stereocenters. The maximum atomic E-state index is 13.0. The van der Waals surface area contributed by atoms with Crippen molar-refractivity contribution < 1.29 is 22.8 Å². The molecule has 0 saturated carbocycles. The molecule has 40 heavy (non-hydrogen) atoms. The molecule has 0 bridgehead atoms. The molecule has 2 saturated heterocycles. The van der Waals surface area contributed by atoms with Gasteiger partial charge in [-0.1, -0.05) is 55.3 Å². The van der Waals surface area contributed by atoms with Crippen LogP contribution in [0.4, 0.5) is 5.82 Å². The summed E-state index contributed by atoms with van der Waals surface area (Å²) in [7, 11) is -3.89. The van der Waals surface area contributed by atoms with Gasteiger partial charge in [0.2, 0.25) is 21.8 Å². The highest BCUT2D eigenvalue weighted by atomic mass is 35.5. The average molecular weight is 589 g/mol. The molecular formula is C29H37ClN4O5S. The molecule has 1 N–H and O–H groups in total. The van der Waals surface area contributed by atoms with Crippen LogP contribution < -0.4 is 9.62 Å². The highest BCUT2D eigenvalue weighted by Crippen LogP contribution is 2.32. The summed E-state index contributed by atoms with van der Waals surface area (Å²) in [5, 5.41) is -0.515. The van der Waals surface area contributed by atoms with Crippen LogP contribution in [0.3, 0.4) is 0 Å². The van der Waals surface area contributed by atoms with Crippen LogP contribution in [-0.4, -0.2) is 55.5 Å². The van der Waals surface area contributed by atoms with Gasteiger partial charge in [0.05, 0.1) is 17.3 Å². The van der Waals surface area contributed by atoms with Crippen molar-refractivity contribution in [2.45, 2.75) is 70.6 Å². The fourth-order valence-electron chi connectivity index (χ4n) is 5.19. The van der Waals surface area contributed by atoms with Crippen molar-refractivity contribution in [3.8, 4) is 0 Å². The number of Topliss-reactive ketones (excluding diaryl/α,β-unsaturated/α-hetero) is 1. The van der Waals surface area contributed by atoms with E-state index in [1.807, 2.05) is 17.9 Å². The summed E-state index contributed by atoms with van der Waals surface area (Å²) in [6.07, 6.45) is 4.17. The Morgan fingerprint density at radius 3 is 2.48 bits per heavy atom. The molecule has 2 fully saturated rings. The second-order valence-corrected chi connectivity index (χ2v) is 13.0. The molecule has 2 aliphatic heterocycles. The van der Waals surface area contributed by atoms with Gasteiger partial charge in [-0.05, 0) is 44.2 Å². The molecule has 0 radical (unpaired) electrons. The summed E-state index contributed by atoms with van der Waals surface area (Å²) in [5.74, 6) is -0.449. The second kappa shape index (κ2) is 13.1. The molecule has 3 heterocycles. The molecule has 1 unspecified atom stereocenters. The number of carbonyl (C=O) groups excluding carboxylic acids is 3. The smallest absolute Gasteiger partial charge is 0.241 e. The van der Waals surface area contributed by atoms with E-state index < -0.39 is 27.1 Å². The number of hydrogen-bond donors (Lipinski definition) is 1. The Labute approximate surface area is 241 Å². The lowest BCUT2D eigenvalue weighted by Crippen LogP contribution is -2.43. The van der Waals surface area contributed by atoms with E-state index in [1.54, 1.807) is 42.2 Å². The van der Waals surface area contributed by atoms with Crippen LogP contribution in [0.1, 0.15) is 85.7 Å².